The third kappa shape index (κ3) is 5.26. The highest BCUT2D eigenvalue weighted by Gasteiger charge is 2.33. The molecule has 2 aromatic rings. The average Bonchev–Trinajstić information content (AvgIpc) is 2.77. The van der Waals surface area contributed by atoms with Crippen molar-refractivity contribution in [1.82, 2.24) is 10.2 Å². The van der Waals surface area contributed by atoms with E-state index in [1.165, 1.54) is 0 Å². The minimum atomic E-state index is -0.483. The molecule has 0 fully saturated rings. The van der Waals surface area contributed by atoms with E-state index in [2.05, 4.69) is 22.9 Å². The van der Waals surface area contributed by atoms with Gasteiger partial charge in [0.25, 0.3) is 0 Å². The first-order chi connectivity index (χ1) is 15.3. The molecule has 1 unspecified atom stereocenters. The Bertz CT molecular complexity index is 1070. The SMILES string of the molecule is CCOC(=O)C1=C(C)N(C)C(=S)NC1c1cccc(NC(=O)Nc2cccc(CC)c2)c1. The Balaban J connectivity index is 1.83. The first kappa shape index (κ1) is 23.3. The van der Waals surface area contributed by atoms with Gasteiger partial charge in [-0.1, -0.05) is 31.2 Å². The lowest BCUT2D eigenvalue weighted by molar-refractivity contribution is -0.139. The van der Waals surface area contributed by atoms with Gasteiger partial charge in [0.1, 0.15) is 0 Å². The number of benzene rings is 2. The van der Waals surface area contributed by atoms with Gasteiger partial charge in [-0.2, -0.15) is 0 Å². The summed E-state index contributed by atoms with van der Waals surface area (Å²) in [6.07, 6.45) is 0.889. The Kier molecular flexibility index (Phi) is 7.48. The van der Waals surface area contributed by atoms with Gasteiger partial charge in [-0.25, -0.2) is 9.59 Å². The fourth-order valence-corrected chi connectivity index (χ4v) is 3.77. The van der Waals surface area contributed by atoms with Crippen LogP contribution in [0.25, 0.3) is 0 Å². The van der Waals surface area contributed by atoms with E-state index in [-0.39, 0.29) is 12.6 Å². The molecule has 7 nitrogen and oxygen atoms in total. The van der Waals surface area contributed by atoms with Crippen LogP contribution in [0, 0.1) is 0 Å². The molecule has 0 saturated carbocycles. The maximum Gasteiger partial charge on any atom is 0.338 e. The van der Waals surface area contributed by atoms with Gasteiger partial charge in [0.2, 0.25) is 0 Å². The number of hydrogen-bond acceptors (Lipinski definition) is 4. The van der Waals surface area contributed by atoms with E-state index < -0.39 is 12.0 Å². The molecule has 2 amide bonds. The van der Waals surface area contributed by atoms with Crippen LogP contribution in [0.5, 0.6) is 0 Å². The number of ether oxygens (including phenoxy) is 1. The van der Waals surface area contributed by atoms with Crippen LogP contribution in [0.1, 0.15) is 37.9 Å². The lowest BCUT2D eigenvalue weighted by atomic mass is 9.95. The predicted molar refractivity (Wildman–Crippen MR) is 130 cm³/mol. The number of nitrogens with one attached hydrogen (secondary N) is 3. The standard InChI is InChI=1S/C24H28N4O3S/c1-5-16-9-7-11-18(13-16)25-23(30)26-19-12-8-10-17(14-19)21-20(22(29)31-6-2)15(3)28(4)24(32)27-21/h7-14,21H,5-6H2,1-4H3,(H,27,32)(H2,25,26,30). The number of hydrogen-bond donors (Lipinski definition) is 3. The van der Waals surface area contributed by atoms with Gasteiger partial charge in [0.15, 0.2) is 5.11 Å². The molecular formula is C24H28N4O3S. The van der Waals surface area contributed by atoms with E-state index in [0.29, 0.717) is 16.4 Å². The number of nitrogens with zero attached hydrogens (tertiary/aromatic N) is 1. The fourth-order valence-electron chi connectivity index (χ4n) is 3.52. The van der Waals surface area contributed by atoms with Crippen molar-refractivity contribution in [1.29, 1.82) is 0 Å². The Hall–Kier alpha value is -3.39. The van der Waals surface area contributed by atoms with Crippen molar-refractivity contribution < 1.29 is 14.3 Å². The molecule has 0 saturated heterocycles. The zero-order chi connectivity index (χ0) is 23.3. The molecule has 0 aromatic heterocycles. The Labute approximate surface area is 193 Å². The molecule has 1 atom stereocenters. The number of urea groups is 1. The molecule has 8 heteroatoms. The zero-order valence-electron chi connectivity index (χ0n) is 18.7. The maximum atomic E-state index is 12.7. The second-order valence-corrected chi connectivity index (χ2v) is 7.81. The van der Waals surface area contributed by atoms with E-state index in [9.17, 15) is 9.59 Å². The summed E-state index contributed by atoms with van der Waals surface area (Å²) in [5, 5.41) is 9.42. The lowest BCUT2D eigenvalue weighted by Gasteiger charge is -2.35. The number of aryl methyl sites for hydroxylation is 1. The molecule has 2 aromatic carbocycles. The molecule has 3 rings (SSSR count). The minimum Gasteiger partial charge on any atom is -0.463 e. The zero-order valence-corrected chi connectivity index (χ0v) is 19.5. The van der Waals surface area contributed by atoms with Crippen molar-refractivity contribution in [2.45, 2.75) is 33.2 Å². The summed E-state index contributed by atoms with van der Waals surface area (Å²) >= 11 is 5.43. The molecule has 0 radical (unpaired) electrons. The molecule has 1 aliphatic heterocycles. The predicted octanol–water partition coefficient (Wildman–Crippen LogP) is 4.59. The van der Waals surface area contributed by atoms with E-state index >= 15 is 0 Å². The van der Waals surface area contributed by atoms with Crippen LogP contribution in [0.2, 0.25) is 0 Å². The van der Waals surface area contributed by atoms with Gasteiger partial charge < -0.3 is 25.6 Å². The van der Waals surface area contributed by atoms with E-state index in [4.69, 9.17) is 17.0 Å². The van der Waals surface area contributed by atoms with Crippen molar-refractivity contribution in [3.05, 3.63) is 70.9 Å². The van der Waals surface area contributed by atoms with Crippen LogP contribution in [0.15, 0.2) is 59.8 Å². The Morgan fingerprint density at radius 3 is 2.41 bits per heavy atom. The van der Waals surface area contributed by atoms with Crippen LogP contribution >= 0.6 is 12.2 Å². The monoisotopic (exact) mass is 452 g/mol. The number of thiocarbonyl (C=S) groups is 1. The highest BCUT2D eigenvalue weighted by molar-refractivity contribution is 7.80. The van der Waals surface area contributed by atoms with Crippen LogP contribution in [0.4, 0.5) is 16.2 Å². The smallest absolute Gasteiger partial charge is 0.338 e. The van der Waals surface area contributed by atoms with Crippen molar-refractivity contribution in [3.8, 4) is 0 Å². The first-order valence-electron chi connectivity index (χ1n) is 10.5. The summed E-state index contributed by atoms with van der Waals surface area (Å²) in [5.74, 6) is -0.399. The summed E-state index contributed by atoms with van der Waals surface area (Å²) in [4.78, 5) is 27.0. The molecular weight excluding hydrogens is 424 g/mol. The second kappa shape index (κ2) is 10.3. The highest BCUT2D eigenvalue weighted by Crippen LogP contribution is 2.32. The number of carbonyl (C=O) groups is 2. The third-order valence-corrected chi connectivity index (χ3v) is 5.71. The van der Waals surface area contributed by atoms with E-state index in [0.717, 1.165) is 28.9 Å². The Morgan fingerprint density at radius 1 is 1.09 bits per heavy atom. The number of rotatable bonds is 6. The summed E-state index contributed by atoms with van der Waals surface area (Å²) in [6.45, 7) is 5.95. The topological polar surface area (TPSA) is 82.7 Å². The molecule has 32 heavy (non-hydrogen) atoms. The third-order valence-electron chi connectivity index (χ3n) is 5.32. The summed E-state index contributed by atoms with van der Waals surface area (Å²) < 4.78 is 5.28. The molecule has 0 bridgehead atoms. The largest absolute Gasteiger partial charge is 0.463 e. The molecule has 3 N–H and O–H groups in total. The van der Waals surface area contributed by atoms with Crippen molar-refractivity contribution in [3.63, 3.8) is 0 Å². The van der Waals surface area contributed by atoms with Gasteiger partial charge in [-0.05, 0) is 67.9 Å². The van der Waals surface area contributed by atoms with Crippen molar-refractivity contribution >= 4 is 40.7 Å². The minimum absolute atomic E-state index is 0.275. The highest BCUT2D eigenvalue weighted by atomic mass is 32.1. The molecule has 0 aliphatic carbocycles. The molecule has 0 spiro atoms. The van der Waals surface area contributed by atoms with Crippen LogP contribution in [0.3, 0.4) is 0 Å². The molecule has 1 heterocycles. The van der Waals surface area contributed by atoms with Gasteiger partial charge in [-0.3, -0.25) is 0 Å². The quantitative estimate of drug-likeness (QED) is 0.439. The van der Waals surface area contributed by atoms with Crippen molar-refractivity contribution in [2.24, 2.45) is 0 Å². The van der Waals surface area contributed by atoms with Gasteiger partial charge in [-0.15, -0.1) is 0 Å². The van der Waals surface area contributed by atoms with Crippen LogP contribution in [-0.4, -0.2) is 35.7 Å². The van der Waals surface area contributed by atoms with Gasteiger partial charge in [0, 0.05) is 24.1 Å². The number of amides is 2. The van der Waals surface area contributed by atoms with E-state index in [1.54, 1.807) is 24.9 Å². The number of esters is 1. The van der Waals surface area contributed by atoms with Crippen LogP contribution < -0.4 is 16.0 Å². The van der Waals surface area contributed by atoms with Crippen LogP contribution in [-0.2, 0) is 16.0 Å². The summed E-state index contributed by atoms with van der Waals surface area (Å²) in [7, 11) is 1.80. The lowest BCUT2D eigenvalue weighted by Crippen LogP contribution is -2.46. The average molecular weight is 453 g/mol. The summed E-state index contributed by atoms with van der Waals surface area (Å²) in [5.41, 5.74) is 4.46. The summed E-state index contributed by atoms with van der Waals surface area (Å²) in [6, 6.07) is 14.2. The number of carbonyl (C=O) groups excluding carboxylic acids is 2. The van der Waals surface area contributed by atoms with Crippen molar-refractivity contribution in [2.75, 3.05) is 24.3 Å². The normalized spacial score (nSPS) is 15.8. The van der Waals surface area contributed by atoms with Gasteiger partial charge in [0.05, 0.1) is 18.2 Å². The number of anilines is 2. The second-order valence-electron chi connectivity index (χ2n) is 7.42. The Morgan fingerprint density at radius 2 is 1.75 bits per heavy atom. The molecule has 168 valence electrons. The fraction of sp³-hybridized carbons (Fsp3) is 0.292. The maximum absolute atomic E-state index is 12.7. The number of allylic oxidation sites excluding steroid dienone is 1. The van der Waals surface area contributed by atoms with E-state index in [1.807, 2.05) is 49.4 Å². The van der Waals surface area contributed by atoms with Gasteiger partial charge >= 0.3 is 12.0 Å². The molecule has 1 aliphatic rings. The first-order valence-corrected chi connectivity index (χ1v) is 10.9.